The first kappa shape index (κ1) is 10.5. The highest BCUT2D eigenvalue weighted by molar-refractivity contribution is 6.31. The number of aliphatic hydroxyl groups is 1. The Hall–Kier alpha value is -1.06. The third kappa shape index (κ3) is 1.98. The van der Waals surface area contributed by atoms with Gasteiger partial charge in [-0.15, -0.1) is 0 Å². The molecule has 0 saturated carbocycles. The lowest BCUT2D eigenvalue weighted by molar-refractivity contribution is 0.0768. The minimum atomic E-state index is 0.0148. The van der Waals surface area contributed by atoms with E-state index in [4.69, 9.17) is 16.7 Å². The molecule has 0 spiro atoms. The first-order chi connectivity index (χ1) is 7.22. The van der Waals surface area contributed by atoms with Gasteiger partial charge in [-0.25, -0.2) is 0 Å². The number of carbonyl (C=O) groups is 1. The van der Waals surface area contributed by atoms with Gasteiger partial charge in [0, 0.05) is 30.3 Å². The lowest BCUT2D eigenvalue weighted by Gasteiger charge is -2.13. The molecular weight excluding hydrogens is 214 g/mol. The number of rotatable bonds is 3. The van der Waals surface area contributed by atoms with E-state index in [0.717, 1.165) is 5.56 Å². The van der Waals surface area contributed by atoms with Crippen molar-refractivity contribution in [1.29, 1.82) is 0 Å². The third-order valence-electron chi connectivity index (χ3n) is 2.54. The van der Waals surface area contributed by atoms with E-state index in [1.807, 2.05) is 6.07 Å². The molecule has 0 aliphatic carbocycles. The Kier molecular flexibility index (Phi) is 2.93. The summed E-state index contributed by atoms with van der Waals surface area (Å²) in [5.41, 5.74) is 1.71. The number of fused-ring (bicyclic) bond motifs is 1. The summed E-state index contributed by atoms with van der Waals surface area (Å²) in [6.07, 6.45) is 0.619. The molecule has 0 unspecified atom stereocenters. The third-order valence-corrected chi connectivity index (χ3v) is 2.77. The molecule has 0 saturated heterocycles. The van der Waals surface area contributed by atoms with E-state index >= 15 is 0 Å². The number of hydrogen-bond acceptors (Lipinski definition) is 2. The number of hydrogen-bond donors (Lipinski definition) is 1. The highest BCUT2D eigenvalue weighted by Gasteiger charge is 2.26. The quantitative estimate of drug-likeness (QED) is 0.850. The van der Waals surface area contributed by atoms with Gasteiger partial charge in [0.1, 0.15) is 0 Å². The van der Waals surface area contributed by atoms with E-state index < -0.39 is 0 Å². The largest absolute Gasteiger partial charge is 0.396 e. The van der Waals surface area contributed by atoms with Gasteiger partial charge in [0.2, 0.25) is 0 Å². The molecule has 1 aliphatic rings. The van der Waals surface area contributed by atoms with E-state index in [9.17, 15) is 4.79 Å². The normalized spacial score (nSPS) is 14.5. The number of nitrogens with zero attached hydrogens (tertiary/aromatic N) is 1. The maximum absolute atomic E-state index is 11.8. The van der Waals surface area contributed by atoms with Crippen LogP contribution in [-0.2, 0) is 6.54 Å². The Morgan fingerprint density at radius 1 is 1.47 bits per heavy atom. The zero-order chi connectivity index (χ0) is 10.8. The summed E-state index contributed by atoms with van der Waals surface area (Å²) in [5, 5.41) is 9.30. The summed E-state index contributed by atoms with van der Waals surface area (Å²) < 4.78 is 0. The number of aliphatic hydroxyl groups excluding tert-OH is 1. The molecule has 1 aromatic carbocycles. The molecule has 0 aromatic heterocycles. The van der Waals surface area contributed by atoms with Crippen LogP contribution < -0.4 is 0 Å². The summed E-state index contributed by atoms with van der Waals surface area (Å²) in [5.74, 6) is 0.0148. The van der Waals surface area contributed by atoms with Crippen molar-refractivity contribution in [3.05, 3.63) is 34.3 Å². The molecule has 1 amide bonds. The second kappa shape index (κ2) is 4.21. The highest BCUT2D eigenvalue weighted by atomic mass is 35.5. The molecular formula is C11H12ClNO2. The highest BCUT2D eigenvalue weighted by Crippen LogP contribution is 2.25. The van der Waals surface area contributed by atoms with Gasteiger partial charge < -0.3 is 10.0 Å². The average molecular weight is 226 g/mol. The minimum Gasteiger partial charge on any atom is -0.396 e. The van der Waals surface area contributed by atoms with Crippen LogP contribution in [0.2, 0.25) is 5.02 Å². The van der Waals surface area contributed by atoms with E-state index in [-0.39, 0.29) is 12.5 Å². The van der Waals surface area contributed by atoms with Gasteiger partial charge >= 0.3 is 0 Å². The SMILES string of the molecule is O=C1c2cc(Cl)ccc2CN1CCCO. The van der Waals surface area contributed by atoms with Gasteiger partial charge in [-0.3, -0.25) is 4.79 Å². The molecule has 80 valence electrons. The Balaban J connectivity index is 2.18. The van der Waals surface area contributed by atoms with E-state index in [1.165, 1.54) is 0 Å². The average Bonchev–Trinajstić information content (AvgIpc) is 2.53. The molecule has 1 aromatic rings. The van der Waals surface area contributed by atoms with Crippen molar-refractivity contribution in [2.75, 3.05) is 13.2 Å². The van der Waals surface area contributed by atoms with E-state index in [1.54, 1.807) is 17.0 Å². The summed E-state index contributed by atoms with van der Waals surface area (Å²) in [6.45, 7) is 1.34. The Bertz CT molecular complexity index is 392. The molecule has 0 radical (unpaired) electrons. The Morgan fingerprint density at radius 3 is 3.00 bits per heavy atom. The molecule has 1 aliphatic heterocycles. The molecule has 1 N–H and O–H groups in total. The van der Waals surface area contributed by atoms with Crippen LogP contribution in [-0.4, -0.2) is 29.1 Å². The molecule has 0 bridgehead atoms. The van der Waals surface area contributed by atoms with Crippen LogP contribution in [0.5, 0.6) is 0 Å². The van der Waals surface area contributed by atoms with Crippen LogP contribution >= 0.6 is 11.6 Å². The van der Waals surface area contributed by atoms with Crippen molar-refractivity contribution in [3.8, 4) is 0 Å². The number of amides is 1. The number of halogens is 1. The zero-order valence-electron chi connectivity index (χ0n) is 8.24. The molecule has 2 rings (SSSR count). The van der Waals surface area contributed by atoms with Crippen LogP contribution in [0.3, 0.4) is 0 Å². The summed E-state index contributed by atoms with van der Waals surface area (Å²) in [7, 11) is 0. The van der Waals surface area contributed by atoms with Gasteiger partial charge in [0.05, 0.1) is 0 Å². The molecule has 3 nitrogen and oxygen atoms in total. The van der Waals surface area contributed by atoms with Crippen LogP contribution in [0.25, 0.3) is 0 Å². The fraction of sp³-hybridized carbons (Fsp3) is 0.364. The molecule has 4 heteroatoms. The summed E-state index contributed by atoms with van der Waals surface area (Å²) in [4.78, 5) is 13.6. The predicted octanol–water partition coefficient (Wildman–Crippen LogP) is 1.68. The zero-order valence-corrected chi connectivity index (χ0v) is 9.00. The maximum atomic E-state index is 11.8. The van der Waals surface area contributed by atoms with Crippen LogP contribution in [0.4, 0.5) is 0 Å². The van der Waals surface area contributed by atoms with Crippen molar-refractivity contribution in [2.45, 2.75) is 13.0 Å². The standard InChI is InChI=1S/C11H12ClNO2/c12-9-3-2-8-7-13(4-1-5-14)11(15)10(8)6-9/h2-3,6,14H,1,4-5,7H2. The fourth-order valence-electron chi connectivity index (χ4n) is 1.78. The Morgan fingerprint density at radius 2 is 2.27 bits per heavy atom. The van der Waals surface area contributed by atoms with Crippen molar-refractivity contribution in [2.24, 2.45) is 0 Å². The molecule has 0 atom stereocenters. The first-order valence-corrected chi connectivity index (χ1v) is 5.28. The second-order valence-corrected chi connectivity index (χ2v) is 4.04. The summed E-state index contributed by atoms with van der Waals surface area (Å²) >= 11 is 5.83. The lowest BCUT2D eigenvalue weighted by atomic mass is 10.1. The number of carbonyl (C=O) groups excluding carboxylic acids is 1. The Labute approximate surface area is 93.3 Å². The van der Waals surface area contributed by atoms with Gasteiger partial charge in [0.15, 0.2) is 0 Å². The van der Waals surface area contributed by atoms with Gasteiger partial charge in [-0.05, 0) is 24.1 Å². The van der Waals surface area contributed by atoms with Crippen molar-refractivity contribution >= 4 is 17.5 Å². The first-order valence-electron chi connectivity index (χ1n) is 4.91. The fourth-order valence-corrected chi connectivity index (χ4v) is 1.95. The topological polar surface area (TPSA) is 40.5 Å². The smallest absolute Gasteiger partial charge is 0.254 e. The van der Waals surface area contributed by atoms with Crippen LogP contribution in [0.15, 0.2) is 18.2 Å². The number of benzene rings is 1. The molecule has 0 fully saturated rings. The minimum absolute atomic E-state index is 0.0148. The monoisotopic (exact) mass is 225 g/mol. The summed E-state index contributed by atoms with van der Waals surface area (Å²) in [6, 6.07) is 5.38. The van der Waals surface area contributed by atoms with E-state index in [2.05, 4.69) is 0 Å². The van der Waals surface area contributed by atoms with Gasteiger partial charge in [-0.2, -0.15) is 0 Å². The maximum Gasteiger partial charge on any atom is 0.254 e. The van der Waals surface area contributed by atoms with Crippen LogP contribution in [0.1, 0.15) is 22.3 Å². The van der Waals surface area contributed by atoms with Crippen molar-refractivity contribution in [3.63, 3.8) is 0 Å². The van der Waals surface area contributed by atoms with Gasteiger partial charge in [0.25, 0.3) is 5.91 Å². The lowest BCUT2D eigenvalue weighted by Crippen LogP contribution is -2.25. The van der Waals surface area contributed by atoms with Crippen molar-refractivity contribution < 1.29 is 9.90 Å². The van der Waals surface area contributed by atoms with Crippen molar-refractivity contribution in [1.82, 2.24) is 4.90 Å². The molecule has 1 heterocycles. The van der Waals surface area contributed by atoms with Crippen LogP contribution in [0, 0.1) is 0 Å². The van der Waals surface area contributed by atoms with Gasteiger partial charge in [-0.1, -0.05) is 17.7 Å². The second-order valence-electron chi connectivity index (χ2n) is 3.61. The predicted molar refractivity (Wildman–Crippen MR) is 57.9 cm³/mol. The molecule has 15 heavy (non-hydrogen) atoms. The van der Waals surface area contributed by atoms with E-state index in [0.29, 0.717) is 30.1 Å².